The maximum Gasteiger partial charge on any atom is 0.416 e. The van der Waals surface area contributed by atoms with E-state index >= 15 is 0 Å². The molecule has 3 fully saturated rings. The SMILES string of the molecule is C[C@H]1CN(C2CCC(C(=O)NCc3cc(F)cc(C(F)(F)F)c3)(C3CC3n3cnnc3)C2)CC[C@@]12C=Cc1ccccc12. The van der Waals surface area contributed by atoms with Gasteiger partial charge in [-0.2, -0.15) is 13.2 Å². The van der Waals surface area contributed by atoms with Crippen molar-refractivity contribution < 1.29 is 22.4 Å². The lowest BCUT2D eigenvalue weighted by Gasteiger charge is -2.46. The fraction of sp³-hybridized carbons (Fsp3) is 0.485. The summed E-state index contributed by atoms with van der Waals surface area (Å²) in [6.45, 7) is 4.04. The van der Waals surface area contributed by atoms with Gasteiger partial charge in [0.25, 0.3) is 0 Å². The van der Waals surface area contributed by atoms with E-state index in [9.17, 15) is 22.4 Å². The van der Waals surface area contributed by atoms with Gasteiger partial charge in [-0.25, -0.2) is 4.39 Å². The van der Waals surface area contributed by atoms with Crippen LogP contribution in [0.15, 0.2) is 61.2 Å². The zero-order valence-corrected chi connectivity index (χ0v) is 24.0. The number of hydrogen-bond donors (Lipinski definition) is 1. The number of amides is 1. The molecule has 2 aromatic carbocycles. The largest absolute Gasteiger partial charge is 0.416 e. The van der Waals surface area contributed by atoms with Gasteiger partial charge >= 0.3 is 6.18 Å². The molecule has 7 rings (SSSR count). The summed E-state index contributed by atoms with van der Waals surface area (Å²) in [5.41, 5.74) is 1.11. The molecule has 0 radical (unpaired) electrons. The number of hydrogen-bond acceptors (Lipinski definition) is 4. The number of nitrogens with zero attached hydrogens (tertiary/aromatic N) is 4. The molecule has 3 aliphatic carbocycles. The van der Waals surface area contributed by atoms with Crippen molar-refractivity contribution in [2.24, 2.45) is 17.3 Å². The fourth-order valence-corrected chi connectivity index (χ4v) is 8.39. The number of piperidine rings is 1. The van der Waals surface area contributed by atoms with E-state index in [1.165, 1.54) is 11.1 Å². The van der Waals surface area contributed by atoms with Crippen LogP contribution < -0.4 is 5.32 Å². The maximum atomic E-state index is 14.0. The average molecular weight is 594 g/mol. The normalized spacial score (nSPS) is 31.8. The van der Waals surface area contributed by atoms with Crippen LogP contribution in [0.3, 0.4) is 0 Å². The van der Waals surface area contributed by atoms with Crippen LogP contribution in [0.4, 0.5) is 17.6 Å². The van der Waals surface area contributed by atoms with Gasteiger partial charge in [0.2, 0.25) is 5.91 Å². The van der Waals surface area contributed by atoms with Gasteiger partial charge in [0.15, 0.2) is 0 Å². The second kappa shape index (κ2) is 10.3. The molecule has 3 aromatic rings. The molecule has 2 heterocycles. The molecule has 1 aromatic heterocycles. The molecule has 226 valence electrons. The van der Waals surface area contributed by atoms with E-state index in [4.69, 9.17) is 0 Å². The van der Waals surface area contributed by atoms with E-state index in [1.54, 1.807) is 12.7 Å². The minimum atomic E-state index is -4.67. The lowest BCUT2D eigenvalue weighted by molar-refractivity contribution is -0.137. The van der Waals surface area contributed by atoms with Crippen molar-refractivity contribution in [2.45, 2.75) is 69.2 Å². The number of benzene rings is 2. The Bertz CT molecular complexity index is 1550. The summed E-state index contributed by atoms with van der Waals surface area (Å²) in [5.74, 6) is -0.652. The highest BCUT2D eigenvalue weighted by Crippen LogP contribution is 2.61. The predicted octanol–water partition coefficient (Wildman–Crippen LogP) is 6.16. The van der Waals surface area contributed by atoms with Gasteiger partial charge in [0.05, 0.1) is 11.0 Å². The van der Waals surface area contributed by atoms with Crippen LogP contribution in [0.25, 0.3) is 6.08 Å². The molecule has 1 amide bonds. The molecular weight excluding hydrogens is 558 g/mol. The Morgan fingerprint density at radius 2 is 1.91 bits per heavy atom. The van der Waals surface area contributed by atoms with Gasteiger partial charge in [-0.1, -0.05) is 43.3 Å². The van der Waals surface area contributed by atoms with E-state index in [-0.39, 0.29) is 41.4 Å². The van der Waals surface area contributed by atoms with Crippen LogP contribution in [0.2, 0.25) is 0 Å². The third-order valence-electron chi connectivity index (χ3n) is 10.7. The quantitative estimate of drug-likeness (QED) is 0.348. The first-order chi connectivity index (χ1) is 20.6. The Labute approximate surface area is 248 Å². The number of aromatic nitrogens is 3. The highest BCUT2D eigenvalue weighted by molar-refractivity contribution is 5.84. The van der Waals surface area contributed by atoms with Crippen molar-refractivity contribution in [3.8, 4) is 0 Å². The predicted molar refractivity (Wildman–Crippen MR) is 153 cm³/mol. The number of fused-ring (bicyclic) bond motifs is 2. The van der Waals surface area contributed by atoms with Gasteiger partial charge in [-0.3, -0.25) is 9.69 Å². The van der Waals surface area contributed by atoms with Gasteiger partial charge in [-0.05, 0) is 85.4 Å². The minimum absolute atomic E-state index is 0.0381. The van der Waals surface area contributed by atoms with E-state index in [2.05, 4.69) is 63.8 Å². The Morgan fingerprint density at radius 3 is 2.67 bits per heavy atom. The molecule has 4 unspecified atom stereocenters. The van der Waals surface area contributed by atoms with Gasteiger partial charge in [0, 0.05) is 30.6 Å². The number of alkyl halides is 3. The highest BCUT2D eigenvalue weighted by atomic mass is 19.4. The first-order valence-electron chi connectivity index (χ1n) is 15.1. The Morgan fingerprint density at radius 1 is 1.12 bits per heavy atom. The zero-order chi connectivity index (χ0) is 30.0. The average Bonchev–Trinajstić information content (AvgIpc) is 3.33. The lowest BCUT2D eigenvalue weighted by Crippen LogP contribution is -2.51. The summed E-state index contributed by atoms with van der Waals surface area (Å²) >= 11 is 0. The molecule has 10 heteroatoms. The maximum absolute atomic E-state index is 14.0. The Kier molecular flexibility index (Phi) is 6.76. The van der Waals surface area contributed by atoms with Crippen molar-refractivity contribution >= 4 is 12.0 Å². The van der Waals surface area contributed by atoms with E-state index in [1.807, 2.05) is 4.57 Å². The van der Waals surface area contributed by atoms with E-state index < -0.39 is 23.0 Å². The smallest absolute Gasteiger partial charge is 0.352 e. The lowest BCUT2D eigenvalue weighted by atomic mass is 9.67. The number of carbonyl (C=O) groups excluding carboxylic acids is 1. The first kappa shape index (κ1) is 28.3. The molecule has 1 aliphatic heterocycles. The molecule has 1 N–H and O–H groups in total. The Hall–Kier alpha value is -3.53. The standard InChI is InChI=1S/C33H35F4N5O/c1-21-18-41(11-10-31(21)8-6-23-4-2-3-5-27(23)31)26-7-9-32(16-26,28-15-29(28)42-19-39-40-20-42)30(43)38-17-22-12-24(33(35,36)37)14-25(34)13-22/h2-6,8,12-14,19-21,26,28-29H,7,9-11,15-18H2,1H3,(H,38,43)/t21-,26?,28?,29?,31-,32?/m0/s1. The number of nitrogens with one attached hydrogen (secondary N) is 1. The summed E-state index contributed by atoms with van der Waals surface area (Å²) in [4.78, 5) is 16.6. The third-order valence-corrected chi connectivity index (χ3v) is 10.7. The molecule has 1 spiro atoms. The van der Waals surface area contributed by atoms with Crippen LogP contribution in [-0.2, 0) is 22.9 Å². The van der Waals surface area contributed by atoms with Gasteiger partial charge in [-0.15, -0.1) is 10.2 Å². The minimum Gasteiger partial charge on any atom is -0.352 e. The Balaban J connectivity index is 1.09. The summed E-state index contributed by atoms with van der Waals surface area (Å²) < 4.78 is 55.9. The number of rotatable bonds is 6. The van der Waals surface area contributed by atoms with Crippen LogP contribution >= 0.6 is 0 Å². The number of likely N-dealkylation sites (tertiary alicyclic amines) is 1. The number of allylic oxidation sites excluding steroid dienone is 1. The third kappa shape index (κ3) is 4.87. The molecule has 2 saturated carbocycles. The zero-order valence-electron chi connectivity index (χ0n) is 24.0. The van der Waals surface area contributed by atoms with Crippen LogP contribution in [0.5, 0.6) is 0 Å². The second-order valence-electron chi connectivity index (χ2n) is 13.0. The molecule has 4 aliphatic rings. The molecule has 1 saturated heterocycles. The topological polar surface area (TPSA) is 63.1 Å². The summed E-state index contributed by atoms with van der Waals surface area (Å²) in [7, 11) is 0. The highest BCUT2D eigenvalue weighted by Gasteiger charge is 2.61. The summed E-state index contributed by atoms with van der Waals surface area (Å²) in [6.07, 6.45) is 7.41. The molecule has 6 nitrogen and oxygen atoms in total. The molecule has 43 heavy (non-hydrogen) atoms. The van der Waals surface area contributed by atoms with Crippen LogP contribution in [0.1, 0.15) is 67.3 Å². The number of carbonyl (C=O) groups is 1. The van der Waals surface area contributed by atoms with Gasteiger partial charge in [0.1, 0.15) is 18.5 Å². The fourth-order valence-electron chi connectivity index (χ4n) is 8.39. The van der Waals surface area contributed by atoms with Crippen LogP contribution in [-0.4, -0.2) is 44.7 Å². The summed E-state index contributed by atoms with van der Waals surface area (Å²) in [5, 5.41) is 10.8. The van der Waals surface area contributed by atoms with Crippen molar-refractivity contribution in [1.29, 1.82) is 0 Å². The van der Waals surface area contributed by atoms with Crippen molar-refractivity contribution in [3.05, 3.63) is 89.3 Å². The van der Waals surface area contributed by atoms with E-state index in [0.29, 0.717) is 24.8 Å². The van der Waals surface area contributed by atoms with Crippen molar-refractivity contribution in [2.75, 3.05) is 13.1 Å². The second-order valence-corrected chi connectivity index (χ2v) is 13.0. The van der Waals surface area contributed by atoms with Crippen molar-refractivity contribution in [1.82, 2.24) is 25.0 Å². The molecular formula is C33H35F4N5O. The number of halogens is 4. The van der Waals surface area contributed by atoms with Gasteiger partial charge < -0.3 is 9.88 Å². The molecule has 6 atom stereocenters. The monoisotopic (exact) mass is 593 g/mol. The first-order valence-corrected chi connectivity index (χ1v) is 15.1. The van der Waals surface area contributed by atoms with Crippen molar-refractivity contribution in [3.63, 3.8) is 0 Å². The van der Waals surface area contributed by atoms with Crippen LogP contribution in [0, 0.1) is 23.1 Å². The molecule has 0 bridgehead atoms. The summed E-state index contributed by atoms with van der Waals surface area (Å²) in [6, 6.07) is 11.4. The van der Waals surface area contributed by atoms with E-state index in [0.717, 1.165) is 44.5 Å².